The number of hydrogen-bond acceptors (Lipinski definition) is 4. The van der Waals surface area contributed by atoms with Crippen LogP contribution in [0, 0.1) is 0 Å². The number of allylic oxidation sites excluding steroid dienone is 1. The van der Waals surface area contributed by atoms with Gasteiger partial charge >= 0.3 is 5.97 Å². The van der Waals surface area contributed by atoms with Crippen molar-refractivity contribution in [1.82, 2.24) is 9.55 Å². The molecule has 1 aromatic heterocycles. The summed E-state index contributed by atoms with van der Waals surface area (Å²) in [5.74, 6) is 0.493. The van der Waals surface area contributed by atoms with E-state index < -0.39 is 0 Å². The highest BCUT2D eigenvalue weighted by Crippen LogP contribution is 2.40. The molecule has 1 aliphatic heterocycles. The maximum absolute atomic E-state index is 13.0. The maximum atomic E-state index is 13.0. The van der Waals surface area contributed by atoms with Gasteiger partial charge in [-0.05, 0) is 31.0 Å². The minimum absolute atomic E-state index is 0.268. The topological polar surface area (TPSA) is 56.2 Å². The van der Waals surface area contributed by atoms with Crippen LogP contribution in [0.1, 0.15) is 38.3 Å². The number of imidazole rings is 1. The van der Waals surface area contributed by atoms with E-state index in [1.165, 1.54) is 0 Å². The molecule has 1 N–H and O–H groups in total. The molecule has 2 heterocycles. The Labute approximate surface area is 158 Å². The molecule has 0 amide bonds. The lowest BCUT2D eigenvalue weighted by atomic mass is 9.93. The zero-order valence-electron chi connectivity index (χ0n) is 15.6. The van der Waals surface area contributed by atoms with Gasteiger partial charge in [0, 0.05) is 5.70 Å². The Morgan fingerprint density at radius 3 is 2.59 bits per heavy atom. The van der Waals surface area contributed by atoms with E-state index in [1.54, 1.807) is 0 Å². The van der Waals surface area contributed by atoms with Crippen LogP contribution in [0.25, 0.3) is 11.0 Å². The largest absolute Gasteiger partial charge is 0.463 e. The Kier molecular flexibility index (Phi) is 4.67. The molecule has 0 saturated heterocycles. The van der Waals surface area contributed by atoms with Gasteiger partial charge in [0.05, 0.1) is 29.3 Å². The van der Waals surface area contributed by atoms with Crippen molar-refractivity contribution < 1.29 is 9.53 Å². The molecule has 1 atom stereocenters. The fourth-order valence-electron chi connectivity index (χ4n) is 3.73. The summed E-state index contributed by atoms with van der Waals surface area (Å²) in [5.41, 5.74) is 4.50. The predicted molar refractivity (Wildman–Crippen MR) is 107 cm³/mol. The van der Waals surface area contributed by atoms with Crippen molar-refractivity contribution in [2.24, 2.45) is 0 Å². The van der Waals surface area contributed by atoms with Crippen molar-refractivity contribution in [1.29, 1.82) is 0 Å². The molecule has 1 unspecified atom stereocenters. The molecule has 0 spiro atoms. The summed E-state index contributed by atoms with van der Waals surface area (Å²) in [5, 5.41) is 3.41. The van der Waals surface area contributed by atoms with Gasteiger partial charge in [0.15, 0.2) is 0 Å². The first-order chi connectivity index (χ1) is 13.2. The first-order valence-electron chi connectivity index (χ1n) is 9.43. The van der Waals surface area contributed by atoms with Crippen molar-refractivity contribution >= 4 is 23.0 Å². The number of benzene rings is 2. The number of hydrogen-bond donors (Lipinski definition) is 1. The Morgan fingerprint density at radius 1 is 1.11 bits per heavy atom. The van der Waals surface area contributed by atoms with Gasteiger partial charge in [0.1, 0.15) is 0 Å². The lowest BCUT2D eigenvalue weighted by Crippen LogP contribution is -2.29. The molecule has 5 nitrogen and oxygen atoms in total. The summed E-state index contributed by atoms with van der Waals surface area (Å²) in [4.78, 5) is 17.7. The van der Waals surface area contributed by atoms with Crippen LogP contribution in [-0.2, 0) is 9.53 Å². The number of rotatable bonds is 5. The number of carbonyl (C=O) groups is 1. The van der Waals surface area contributed by atoms with Gasteiger partial charge in [-0.25, -0.2) is 9.78 Å². The molecule has 3 aromatic rings. The van der Waals surface area contributed by atoms with Crippen molar-refractivity contribution in [3.63, 3.8) is 0 Å². The van der Waals surface area contributed by atoms with Crippen molar-refractivity contribution in [3.05, 3.63) is 71.4 Å². The van der Waals surface area contributed by atoms with Gasteiger partial charge < -0.3 is 10.1 Å². The minimum Gasteiger partial charge on any atom is -0.463 e. The van der Waals surface area contributed by atoms with Crippen LogP contribution in [0.3, 0.4) is 0 Å². The third-order valence-electron chi connectivity index (χ3n) is 4.83. The number of para-hydroxylation sites is 2. The van der Waals surface area contributed by atoms with Crippen molar-refractivity contribution in [2.45, 2.75) is 32.7 Å². The van der Waals surface area contributed by atoms with Crippen LogP contribution in [0.15, 0.2) is 65.9 Å². The van der Waals surface area contributed by atoms with E-state index in [-0.39, 0.29) is 12.0 Å². The first-order valence-corrected chi connectivity index (χ1v) is 9.43. The fourth-order valence-corrected chi connectivity index (χ4v) is 3.73. The Hall–Kier alpha value is -3.08. The van der Waals surface area contributed by atoms with Crippen LogP contribution in [0.2, 0.25) is 0 Å². The smallest absolute Gasteiger partial charge is 0.338 e. The van der Waals surface area contributed by atoms with Crippen LogP contribution in [0.4, 0.5) is 5.95 Å². The SMILES string of the molecule is CCCC1=C(C(=O)OCC)C(c2ccccc2)n2c(nc3ccccc32)N1. The van der Waals surface area contributed by atoms with Gasteiger partial charge in [0.25, 0.3) is 0 Å². The molecule has 27 heavy (non-hydrogen) atoms. The second kappa shape index (κ2) is 7.27. The molecule has 2 aromatic carbocycles. The highest BCUT2D eigenvalue weighted by Gasteiger charge is 2.35. The number of aromatic nitrogens is 2. The average molecular weight is 361 g/mol. The standard InChI is InChI=1S/C22H23N3O2/c1-3-10-17-19(21(26)27-4-2)20(15-11-6-5-7-12-15)25-18-14-9-8-13-16(18)23-22(25)24-17/h5-9,11-14,20H,3-4,10H2,1-2H3,(H,23,24). The summed E-state index contributed by atoms with van der Waals surface area (Å²) >= 11 is 0. The lowest BCUT2D eigenvalue weighted by Gasteiger charge is -2.31. The average Bonchev–Trinajstić information content (AvgIpc) is 3.06. The molecule has 0 radical (unpaired) electrons. The fraction of sp³-hybridized carbons (Fsp3) is 0.273. The summed E-state index contributed by atoms with van der Waals surface area (Å²) in [6.45, 7) is 4.29. The molecule has 0 saturated carbocycles. The zero-order valence-corrected chi connectivity index (χ0v) is 15.6. The van der Waals surface area contributed by atoms with E-state index >= 15 is 0 Å². The number of ether oxygens (including phenoxy) is 1. The van der Waals surface area contributed by atoms with Gasteiger partial charge in [-0.2, -0.15) is 0 Å². The summed E-state index contributed by atoms with van der Waals surface area (Å²) in [7, 11) is 0. The third-order valence-corrected chi connectivity index (χ3v) is 4.83. The van der Waals surface area contributed by atoms with Crippen molar-refractivity contribution in [3.8, 4) is 0 Å². The molecule has 0 bridgehead atoms. The van der Waals surface area contributed by atoms with Crippen LogP contribution in [-0.4, -0.2) is 22.1 Å². The molecule has 138 valence electrons. The normalized spacial score (nSPS) is 16.1. The number of anilines is 1. The number of nitrogens with zero attached hydrogens (tertiary/aromatic N) is 2. The molecular weight excluding hydrogens is 338 g/mol. The Bertz CT molecular complexity index is 1000. The maximum Gasteiger partial charge on any atom is 0.338 e. The van der Waals surface area contributed by atoms with Gasteiger partial charge in [-0.3, -0.25) is 4.57 Å². The van der Waals surface area contributed by atoms with E-state index in [9.17, 15) is 4.79 Å². The second-order valence-electron chi connectivity index (χ2n) is 6.60. The molecule has 0 aliphatic carbocycles. The van der Waals surface area contributed by atoms with Crippen LogP contribution in [0.5, 0.6) is 0 Å². The Balaban J connectivity index is 1.99. The van der Waals surface area contributed by atoms with Gasteiger partial charge in [-0.15, -0.1) is 0 Å². The van der Waals surface area contributed by atoms with Crippen LogP contribution < -0.4 is 5.32 Å². The predicted octanol–water partition coefficient (Wildman–Crippen LogP) is 4.67. The highest BCUT2D eigenvalue weighted by molar-refractivity contribution is 5.94. The van der Waals surface area contributed by atoms with Crippen molar-refractivity contribution in [2.75, 3.05) is 11.9 Å². The number of nitrogens with one attached hydrogen (secondary N) is 1. The molecule has 0 fully saturated rings. The number of carbonyl (C=O) groups excluding carboxylic acids is 1. The van der Waals surface area contributed by atoms with E-state index in [0.717, 1.165) is 41.1 Å². The first kappa shape index (κ1) is 17.3. The van der Waals surface area contributed by atoms with E-state index in [4.69, 9.17) is 9.72 Å². The number of esters is 1. The summed E-state index contributed by atoms with van der Waals surface area (Å²) < 4.78 is 7.55. The second-order valence-corrected chi connectivity index (χ2v) is 6.60. The van der Waals surface area contributed by atoms with Gasteiger partial charge in [0.2, 0.25) is 5.95 Å². The quantitative estimate of drug-likeness (QED) is 0.671. The van der Waals surface area contributed by atoms with E-state index in [1.807, 2.05) is 49.4 Å². The molecular formula is C22H23N3O2. The van der Waals surface area contributed by atoms with Gasteiger partial charge in [-0.1, -0.05) is 55.8 Å². The van der Waals surface area contributed by atoms with Crippen LogP contribution >= 0.6 is 0 Å². The minimum atomic E-state index is -0.272. The zero-order chi connectivity index (χ0) is 18.8. The summed E-state index contributed by atoms with van der Waals surface area (Å²) in [6.07, 6.45) is 1.69. The highest BCUT2D eigenvalue weighted by atomic mass is 16.5. The molecule has 4 rings (SSSR count). The molecule has 1 aliphatic rings. The molecule has 5 heteroatoms. The Morgan fingerprint density at radius 2 is 1.85 bits per heavy atom. The number of fused-ring (bicyclic) bond motifs is 3. The lowest BCUT2D eigenvalue weighted by molar-refractivity contribution is -0.139. The summed E-state index contributed by atoms with van der Waals surface area (Å²) in [6, 6.07) is 17.8. The monoisotopic (exact) mass is 361 g/mol. The third kappa shape index (κ3) is 2.99. The van der Waals surface area contributed by atoms with E-state index in [0.29, 0.717) is 12.2 Å². The van der Waals surface area contributed by atoms with E-state index in [2.05, 4.69) is 28.9 Å².